The molecule has 17 heavy (non-hydrogen) atoms. The van der Waals surface area contributed by atoms with Crippen LogP contribution in [0.5, 0.6) is 0 Å². The molecule has 0 aromatic heterocycles. The molecule has 1 saturated carbocycles. The van der Waals surface area contributed by atoms with Gasteiger partial charge in [-0.1, -0.05) is 24.6 Å². The van der Waals surface area contributed by atoms with Crippen LogP contribution in [-0.2, 0) is 11.3 Å². The summed E-state index contributed by atoms with van der Waals surface area (Å²) in [7, 11) is 0. The van der Waals surface area contributed by atoms with E-state index in [2.05, 4.69) is 6.92 Å². The summed E-state index contributed by atoms with van der Waals surface area (Å²) < 4.78 is 5.91. The number of hydrogen-bond acceptors (Lipinski definition) is 2. The minimum absolute atomic E-state index is 0.377. The van der Waals surface area contributed by atoms with Gasteiger partial charge in [0, 0.05) is 16.3 Å². The van der Waals surface area contributed by atoms with Crippen LogP contribution in [0.4, 0.5) is 5.69 Å². The Morgan fingerprint density at radius 1 is 1.29 bits per heavy atom. The quantitative estimate of drug-likeness (QED) is 0.826. The summed E-state index contributed by atoms with van der Waals surface area (Å²) in [4.78, 5) is 0. The molecule has 0 saturated heterocycles. The minimum Gasteiger partial charge on any atom is -0.398 e. The summed E-state index contributed by atoms with van der Waals surface area (Å²) >= 11 is 6.11. The first-order valence-electron chi connectivity index (χ1n) is 6.31. The molecule has 1 aliphatic carbocycles. The van der Waals surface area contributed by atoms with Crippen LogP contribution < -0.4 is 5.73 Å². The lowest BCUT2D eigenvalue weighted by molar-refractivity contribution is 0.00907. The molecule has 2 rings (SSSR count). The zero-order valence-electron chi connectivity index (χ0n) is 10.3. The minimum atomic E-state index is 0.377. The van der Waals surface area contributed by atoms with E-state index in [1.807, 2.05) is 18.2 Å². The standard InChI is InChI=1S/C14H20ClNO/c1-10-5-7-11(8-6-10)17-9-12-13(15)3-2-4-14(12)16/h2-4,10-11H,5-9,16H2,1H3. The molecule has 0 bridgehead atoms. The average molecular weight is 254 g/mol. The second-order valence-corrected chi connectivity index (χ2v) is 5.41. The Morgan fingerprint density at radius 3 is 2.65 bits per heavy atom. The summed E-state index contributed by atoms with van der Waals surface area (Å²) in [5, 5.41) is 0.703. The van der Waals surface area contributed by atoms with Crippen molar-refractivity contribution in [3.63, 3.8) is 0 Å². The van der Waals surface area contributed by atoms with Gasteiger partial charge in [0.05, 0.1) is 12.7 Å². The fourth-order valence-electron chi connectivity index (χ4n) is 2.32. The number of ether oxygens (including phenoxy) is 1. The number of rotatable bonds is 3. The normalized spacial score (nSPS) is 24.8. The smallest absolute Gasteiger partial charge is 0.0755 e. The second kappa shape index (κ2) is 5.74. The van der Waals surface area contributed by atoms with Gasteiger partial charge in [0.15, 0.2) is 0 Å². The Labute approximate surface area is 108 Å². The summed E-state index contributed by atoms with van der Waals surface area (Å²) in [6, 6.07) is 5.59. The van der Waals surface area contributed by atoms with Gasteiger partial charge in [-0.3, -0.25) is 0 Å². The molecule has 1 aliphatic rings. The van der Waals surface area contributed by atoms with E-state index < -0.39 is 0 Å². The SMILES string of the molecule is CC1CCC(OCc2c(N)cccc2Cl)CC1. The van der Waals surface area contributed by atoms with E-state index in [1.165, 1.54) is 12.8 Å². The second-order valence-electron chi connectivity index (χ2n) is 5.00. The van der Waals surface area contributed by atoms with Crippen LogP contribution in [0.15, 0.2) is 18.2 Å². The van der Waals surface area contributed by atoms with Crippen LogP contribution in [0.1, 0.15) is 38.2 Å². The van der Waals surface area contributed by atoms with E-state index in [4.69, 9.17) is 22.1 Å². The molecule has 2 nitrogen and oxygen atoms in total. The van der Waals surface area contributed by atoms with Gasteiger partial charge in [-0.05, 0) is 43.7 Å². The molecular formula is C14H20ClNO. The van der Waals surface area contributed by atoms with Crippen LogP contribution in [0.3, 0.4) is 0 Å². The van der Waals surface area contributed by atoms with Gasteiger partial charge in [0.2, 0.25) is 0 Å². The van der Waals surface area contributed by atoms with E-state index >= 15 is 0 Å². The van der Waals surface area contributed by atoms with Gasteiger partial charge in [0.1, 0.15) is 0 Å². The molecule has 0 radical (unpaired) electrons. The summed E-state index contributed by atoms with van der Waals surface area (Å²) in [5.41, 5.74) is 7.54. The van der Waals surface area contributed by atoms with Crippen molar-refractivity contribution in [2.75, 3.05) is 5.73 Å². The van der Waals surface area contributed by atoms with Crippen molar-refractivity contribution in [2.45, 2.75) is 45.3 Å². The van der Waals surface area contributed by atoms with E-state index in [-0.39, 0.29) is 0 Å². The largest absolute Gasteiger partial charge is 0.398 e. The van der Waals surface area contributed by atoms with E-state index in [9.17, 15) is 0 Å². The van der Waals surface area contributed by atoms with Crippen LogP contribution in [-0.4, -0.2) is 6.10 Å². The van der Waals surface area contributed by atoms with Gasteiger partial charge in [-0.15, -0.1) is 0 Å². The summed E-state index contributed by atoms with van der Waals surface area (Å²) in [6.45, 7) is 2.84. The Bertz CT molecular complexity index is 352. The third-order valence-corrected chi connectivity index (χ3v) is 3.94. The van der Waals surface area contributed by atoms with E-state index in [1.54, 1.807) is 0 Å². The van der Waals surface area contributed by atoms with Crippen molar-refractivity contribution < 1.29 is 4.74 Å². The molecule has 0 amide bonds. The van der Waals surface area contributed by atoms with Gasteiger partial charge in [-0.2, -0.15) is 0 Å². The summed E-state index contributed by atoms with van der Waals surface area (Å²) in [6.07, 6.45) is 5.23. The van der Waals surface area contributed by atoms with Crippen LogP contribution in [0, 0.1) is 5.92 Å². The predicted octanol–water partition coefficient (Wildman–Crippen LogP) is 4.02. The number of halogens is 1. The first-order valence-corrected chi connectivity index (χ1v) is 6.69. The topological polar surface area (TPSA) is 35.2 Å². The fourth-order valence-corrected chi connectivity index (χ4v) is 2.56. The van der Waals surface area contributed by atoms with Gasteiger partial charge < -0.3 is 10.5 Å². The Balaban J connectivity index is 1.89. The number of nitrogen functional groups attached to an aromatic ring is 1. The molecule has 1 aromatic carbocycles. The third-order valence-electron chi connectivity index (χ3n) is 3.58. The molecule has 1 aromatic rings. The predicted molar refractivity (Wildman–Crippen MR) is 72.1 cm³/mol. The number of anilines is 1. The molecule has 0 aliphatic heterocycles. The third kappa shape index (κ3) is 3.36. The van der Waals surface area contributed by atoms with Crippen LogP contribution in [0.2, 0.25) is 5.02 Å². The number of nitrogens with two attached hydrogens (primary N) is 1. The maximum Gasteiger partial charge on any atom is 0.0755 e. The highest BCUT2D eigenvalue weighted by atomic mass is 35.5. The van der Waals surface area contributed by atoms with Crippen molar-refractivity contribution >= 4 is 17.3 Å². The maximum atomic E-state index is 6.11. The molecular weight excluding hydrogens is 234 g/mol. The van der Waals surface area contributed by atoms with Crippen LogP contribution in [0.25, 0.3) is 0 Å². The van der Waals surface area contributed by atoms with Gasteiger partial charge in [0.25, 0.3) is 0 Å². The van der Waals surface area contributed by atoms with Crippen molar-refractivity contribution in [2.24, 2.45) is 5.92 Å². The first kappa shape index (κ1) is 12.7. The lowest BCUT2D eigenvalue weighted by Gasteiger charge is -2.26. The Hall–Kier alpha value is -0.730. The monoisotopic (exact) mass is 253 g/mol. The molecule has 0 spiro atoms. The van der Waals surface area contributed by atoms with Crippen molar-refractivity contribution in [1.82, 2.24) is 0 Å². The lowest BCUT2D eigenvalue weighted by Crippen LogP contribution is -2.20. The molecule has 94 valence electrons. The summed E-state index contributed by atoms with van der Waals surface area (Å²) in [5.74, 6) is 0.847. The molecule has 1 fully saturated rings. The lowest BCUT2D eigenvalue weighted by atomic mass is 9.89. The van der Waals surface area contributed by atoms with Gasteiger partial charge >= 0.3 is 0 Å². The Morgan fingerprint density at radius 2 is 2.00 bits per heavy atom. The van der Waals surface area contributed by atoms with Crippen molar-refractivity contribution in [3.8, 4) is 0 Å². The highest BCUT2D eigenvalue weighted by Crippen LogP contribution is 2.28. The molecule has 0 unspecified atom stereocenters. The van der Waals surface area contributed by atoms with Crippen molar-refractivity contribution in [3.05, 3.63) is 28.8 Å². The molecule has 2 N–H and O–H groups in total. The Kier molecular flexibility index (Phi) is 4.30. The zero-order chi connectivity index (χ0) is 12.3. The zero-order valence-corrected chi connectivity index (χ0v) is 11.0. The highest BCUT2D eigenvalue weighted by Gasteiger charge is 2.19. The maximum absolute atomic E-state index is 6.11. The van der Waals surface area contributed by atoms with E-state index in [0.717, 1.165) is 30.0 Å². The first-order chi connectivity index (χ1) is 8.16. The van der Waals surface area contributed by atoms with Gasteiger partial charge in [-0.25, -0.2) is 0 Å². The fraction of sp³-hybridized carbons (Fsp3) is 0.571. The van der Waals surface area contributed by atoms with Crippen LogP contribution >= 0.6 is 11.6 Å². The molecule has 0 heterocycles. The van der Waals surface area contributed by atoms with E-state index in [0.29, 0.717) is 17.7 Å². The number of benzene rings is 1. The highest BCUT2D eigenvalue weighted by molar-refractivity contribution is 6.31. The molecule has 0 atom stereocenters. The van der Waals surface area contributed by atoms with Crippen molar-refractivity contribution in [1.29, 1.82) is 0 Å². The molecule has 3 heteroatoms. The average Bonchev–Trinajstić information content (AvgIpc) is 2.31. The number of hydrogen-bond donors (Lipinski definition) is 1.